The fourth-order valence-electron chi connectivity index (χ4n) is 3.80. The molecule has 1 amide bonds. The molecule has 0 atom stereocenters. The lowest BCUT2D eigenvalue weighted by Gasteiger charge is -2.26. The highest BCUT2D eigenvalue weighted by atomic mass is 32.2. The molecule has 0 aromatic heterocycles. The van der Waals surface area contributed by atoms with Gasteiger partial charge >= 0.3 is 0 Å². The van der Waals surface area contributed by atoms with Crippen LogP contribution in [0.3, 0.4) is 0 Å². The van der Waals surface area contributed by atoms with Gasteiger partial charge in [-0.25, -0.2) is 16.8 Å². The number of sulfonamides is 2. The van der Waals surface area contributed by atoms with E-state index in [1.54, 1.807) is 62.4 Å². The molecule has 1 aliphatic rings. The van der Waals surface area contributed by atoms with E-state index in [1.165, 1.54) is 8.61 Å². The van der Waals surface area contributed by atoms with E-state index in [0.717, 1.165) is 11.1 Å². The molecule has 3 rings (SSSR count). The molecule has 1 heterocycles. The predicted octanol–water partition coefficient (Wildman–Crippen LogP) is 1.99. The molecule has 1 aliphatic heterocycles. The van der Waals surface area contributed by atoms with E-state index in [4.69, 9.17) is 4.74 Å². The zero-order valence-electron chi connectivity index (χ0n) is 20.1. The predicted molar refractivity (Wildman–Crippen MR) is 133 cm³/mol. The molecule has 1 fully saturated rings. The first kappa shape index (κ1) is 27.3. The van der Waals surface area contributed by atoms with Crippen molar-refractivity contribution in [3.8, 4) is 0 Å². The number of nitrogens with zero attached hydrogens (tertiary/aromatic N) is 2. The van der Waals surface area contributed by atoms with Gasteiger partial charge in [-0.1, -0.05) is 38.1 Å². The number of amides is 1. The zero-order chi connectivity index (χ0) is 25.5. The molecule has 2 aromatic carbocycles. The van der Waals surface area contributed by atoms with Crippen molar-refractivity contribution in [2.24, 2.45) is 0 Å². The third kappa shape index (κ3) is 6.89. The maximum atomic E-state index is 12.7. The highest BCUT2D eigenvalue weighted by Gasteiger charge is 2.26. The first-order valence-corrected chi connectivity index (χ1v) is 14.6. The quantitative estimate of drug-likeness (QED) is 0.482. The van der Waals surface area contributed by atoms with Gasteiger partial charge in [-0.15, -0.1) is 0 Å². The van der Waals surface area contributed by atoms with Crippen molar-refractivity contribution in [3.63, 3.8) is 0 Å². The first-order valence-electron chi connectivity index (χ1n) is 11.7. The molecule has 35 heavy (non-hydrogen) atoms. The van der Waals surface area contributed by atoms with E-state index in [2.05, 4.69) is 5.32 Å². The molecule has 1 N–H and O–H groups in total. The van der Waals surface area contributed by atoms with Crippen molar-refractivity contribution in [1.82, 2.24) is 13.9 Å². The maximum absolute atomic E-state index is 12.7. The largest absolute Gasteiger partial charge is 0.379 e. The monoisotopic (exact) mass is 523 g/mol. The third-order valence-corrected chi connectivity index (χ3v) is 9.91. The van der Waals surface area contributed by atoms with E-state index in [-0.39, 0.29) is 28.7 Å². The number of morpholine rings is 1. The molecule has 1 saturated heterocycles. The Balaban J connectivity index is 1.49. The lowest BCUT2D eigenvalue weighted by Crippen LogP contribution is -2.40. The SMILES string of the molecule is CCN(CC)S(=O)(=O)c1ccc(CCC(=O)NCc2ccc(S(=O)(=O)N3CCOCC3)cc2)cc1. The summed E-state index contributed by atoms with van der Waals surface area (Å²) in [4.78, 5) is 12.8. The minimum atomic E-state index is -3.54. The number of ether oxygens (including phenoxy) is 1. The number of carbonyl (C=O) groups is 1. The molecule has 9 nitrogen and oxygen atoms in total. The van der Waals surface area contributed by atoms with Crippen LogP contribution in [0.25, 0.3) is 0 Å². The summed E-state index contributed by atoms with van der Waals surface area (Å²) in [6.07, 6.45) is 0.736. The summed E-state index contributed by atoms with van der Waals surface area (Å²) in [6, 6.07) is 13.1. The Morgan fingerprint density at radius 2 is 1.43 bits per heavy atom. The Labute approximate surface area is 208 Å². The Hall–Kier alpha value is -2.31. The molecule has 0 unspecified atom stereocenters. The summed E-state index contributed by atoms with van der Waals surface area (Å²) in [5.74, 6) is -0.144. The number of nitrogens with one attached hydrogen (secondary N) is 1. The molecule has 0 spiro atoms. The number of hydrogen-bond donors (Lipinski definition) is 1. The zero-order valence-corrected chi connectivity index (χ0v) is 21.8. The number of benzene rings is 2. The van der Waals surface area contributed by atoms with Gasteiger partial charge in [0.1, 0.15) is 0 Å². The fraction of sp³-hybridized carbons (Fsp3) is 0.458. The van der Waals surface area contributed by atoms with Gasteiger partial charge in [-0.2, -0.15) is 8.61 Å². The Kier molecular flexibility index (Phi) is 9.42. The van der Waals surface area contributed by atoms with Crippen molar-refractivity contribution >= 4 is 26.0 Å². The van der Waals surface area contributed by atoms with Gasteiger partial charge < -0.3 is 10.1 Å². The lowest BCUT2D eigenvalue weighted by molar-refractivity contribution is -0.121. The van der Waals surface area contributed by atoms with Crippen LogP contribution in [0.1, 0.15) is 31.4 Å². The summed E-state index contributed by atoms with van der Waals surface area (Å²) in [6.45, 7) is 6.18. The van der Waals surface area contributed by atoms with Gasteiger partial charge in [0.15, 0.2) is 0 Å². The van der Waals surface area contributed by atoms with Gasteiger partial charge in [-0.05, 0) is 41.8 Å². The second-order valence-electron chi connectivity index (χ2n) is 8.17. The summed E-state index contributed by atoms with van der Waals surface area (Å²) >= 11 is 0. The lowest BCUT2D eigenvalue weighted by atomic mass is 10.1. The summed E-state index contributed by atoms with van der Waals surface area (Å²) in [5.41, 5.74) is 1.67. The van der Waals surface area contributed by atoms with Crippen LogP contribution in [-0.2, 0) is 42.5 Å². The molecular formula is C24H33N3O6S2. The van der Waals surface area contributed by atoms with Crippen LogP contribution in [0, 0.1) is 0 Å². The molecule has 0 bridgehead atoms. The Morgan fingerprint density at radius 3 is 2.00 bits per heavy atom. The first-order chi connectivity index (χ1) is 16.7. The van der Waals surface area contributed by atoms with Crippen molar-refractivity contribution < 1.29 is 26.4 Å². The molecule has 0 aliphatic carbocycles. The molecular weight excluding hydrogens is 490 g/mol. The summed E-state index contributed by atoms with van der Waals surface area (Å²) < 4.78 is 58.6. The van der Waals surface area contributed by atoms with Crippen molar-refractivity contribution in [1.29, 1.82) is 0 Å². The van der Waals surface area contributed by atoms with Crippen LogP contribution in [-0.4, -0.2) is 70.7 Å². The van der Waals surface area contributed by atoms with E-state index >= 15 is 0 Å². The maximum Gasteiger partial charge on any atom is 0.243 e. The van der Waals surface area contributed by atoms with Gasteiger partial charge in [0.25, 0.3) is 0 Å². The van der Waals surface area contributed by atoms with Crippen LogP contribution < -0.4 is 5.32 Å². The smallest absolute Gasteiger partial charge is 0.243 e. The van der Waals surface area contributed by atoms with E-state index < -0.39 is 20.0 Å². The molecule has 2 aromatic rings. The third-order valence-electron chi connectivity index (χ3n) is 5.93. The topological polar surface area (TPSA) is 113 Å². The van der Waals surface area contributed by atoms with E-state index in [9.17, 15) is 21.6 Å². The van der Waals surface area contributed by atoms with Crippen LogP contribution in [0.15, 0.2) is 58.3 Å². The molecule has 192 valence electrons. The van der Waals surface area contributed by atoms with Gasteiger partial charge in [0.2, 0.25) is 26.0 Å². The highest BCUT2D eigenvalue weighted by molar-refractivity contribution is 7.89. The van der Waals surface area contributed by atoms with E-state index in [1.807, 2.05) is 0 Å². The van der Waals surface area contributed by atoms with Crippen LogP contribution in [0.2, 0.25) is 0 Å². The number of carbonyl (C=O) groups excluding carboxylic acids is 1. The normalized spacial score (nSPS) is 15.3. The van der Waals surface area contributed by atoms with E-state index in [0.29, 0.717) is 45.8 Å². The number of aryl methyl sites for hydroxylation is 1. The van der Waals surface area contributed by atoms with Crippen LogP contribution in [0.4, 0.5) is 0 Å². The average Bonchev–Trinajstić information content (AvgIpc) is 2.88. The van der Waals surface area contributed by atoms with Crippen LogP contribution in [0.5, 0.6) is 0 Å². The van der Waals surface area contributed by atoms with Gasteiger partial charge in [0, 0.05) is 39.1 Å². The molecule has 0 saturated carbocycles. The summed E-state index contributed by atoms with van der Waals surface area (Å²) in [7, 11) is -7.04. The molecule has 0 radical (unpaired) electrons. The summed E-state index contributed by atoms with van der Waals surface area (Å²) in [5, 5.41) is 2.84. The minimum Gasteiger partial charge on any atom is -0.379 e. The Bertz CT molecular complexity index is 1190. The van der Waals surface area contributed by atoms with Crippen molar-refractivity contribution in [2.75, 3.05) is 39.4 Å². The average molecular weight is 524 g/mol. The Morgan fingerprint density at radius 1 is 0.886 bits per heavy atom. The number of hydrogen-bond acceptors (Lipinski definition) is 6. The van der Waals surface area contributed by atoms with Crippen LogP contribution >= 0.6 is 0 Å². The molecule has 11 heteroatoms. The minimum absolute atomic E-state index is 0.144. The second kappa shape index (κ2) is 12.1. The number of rotatable bonds is 11. The van der Waals surface area contributed by atoms with Crippen molar-refractivity contribution in [3.05, 3.63) is 59.7 Å². The standard InChI is InChI=1S/C24H33N3O6S2/c1-3-26(4-2)34(29,30)22-10-5-20(6-11-22)9-14-24(28)25-19-21-7-12-23(13-8-21)35(31,32)27-15-17-33-18-16-27/h5-8,10-13H,3-4,9,14-19H2,1-2H3,(H,25,28). The highest BCUT2D eigenvalue weighted by Crippen LogP contribution is 2.18. The van der Waals surface area contributed by atoms with Gasteiger partial charge in [-0.3, -0.25) is 4.79 Å². The van der Waals surface area contributed by atoms with Crippen molar-refractivity contribution in [2.45, 2.75) is 43.0 Å². The fourth-order valence-corrected chi connectivity index (χ4v) is 6.67. The van der Waals surface area contributed by atoms with Gasteiger partial charge in [0.05, 0.1) is 23.0 Å². The second-order valence-corrected chi connectivity index (χ2v) is 12.0.